The lowest BCUT2D eigenvalue weighted by atomic mass is 10.00. The maximum Gasteiger partial charge on any atom is 0.271 e. The standard InChI is InChI=1S/C14H19BrN2O4/c1-2-3-10(4-5-18)9-16-14(19)11-6-12(15)8-13(7-11)17(20)21/h6-8,10,18H,2-5,9H2,1H3,(H,16,19). The van der Waals surface area contributed by atoms with Crippen molar-refractivity contribution in [1.29, 1.82) is 0 Å². The summed E-state index contributed by atoms with van der Waals surface area (Å²) >= 11 is 3.16. The molecule has 1 unspecified atom stereocenters. The smallest absolute Gasteiger partial charge is 0.271 e. The maximum atomic E-state index is 12.1. The Morgan fingerprint density at radius 3 is 2.71 bits per heavy atom. The molecule has 0 saturated heterocycles. The van der Waals surface area contributed by atoms with Gasteiger partial charge in [-0.25, -0.2) is 0 Å². The van der Waals surface area contributed by atoms with Crippen LogP contribution in [0, 0.1) is 16.0 Å². The molecule has 0 aliphatic carbocycles. The highest BCUT2D eigenvalue weighted by molar-refractivity contribution is 9.10. The van der Waals surface area contributed by atoms with E-state index in [1.807, 2.05) is 6.92 Å². The molecule has 2 N–H and O–H groups in total. The minimum absolute atomic E-state index is 0.0862. The summed E-state index contributed by atoms with van der Waals surface area (Å²) in [5.74, 6) is -0.135. The van der Waals surface area contributed by atoms with Crippen LogP contribution < -0.4 is 5.32 Å². The van der Waals surface area contributed by atoms with Crippen molar-refractivity contribution in [2.75, 3.05) is 13.2 Å². The van der Waals surface area contributed by atoms with Crippen LogP contribution in [0.1, 0.15) is 36.5 Å². The van der Waals surface area contributed by atoms with Gasteiger partial charge in [0.15, 0.2) is 0 Å². The Morgan fingerprint density at radius 2 is 2.14 bits per heavy atom. The number of nitro benzene ring substituents is 1. The van der Waals surface area contributed by atoms with Gasteiger partial charge in [-0.15, -0.1) is 0 Å². The first-order chi connectivity index (χ1) is 9.97. The molecule has 1 aromatic rings. The third-order valence-corrected chi connectivity index (χ3v) is 3.60. The lowest BCUT2D eigenvalue weighted by molar-refractivity contribution is -0.385. The number of aliphatic hydroxyl groups is 1. The summed E-state index contributed by atoms with van der Waals surface area (Å²) in [6, 6.07) is 4.15. The number of hydrogen-bond acceptors (Lipinski definition) is 4. The van der Waals surface area contributed by atoms with Crippen LogP contribution in [0.3, 0.4) is 0 Å². The summed E-state index contributed by atoms with van der Waals surface area (Å²) in [5, 5.41) is 22.5. The number of non-ortho nitro benzene ring substituents is 1. The van der Waals surface area contributed by atoms with Crippen molar-refractivity contribution < 1.29 is 14.8 Å². The maximum absolute atomic E-state index is 12.1. The van der Waals surface area contributed by atoms with E-state index in [9.17, 15) is 14.9 Å². The Morgan fingerprint density at radius 1 is 1.43 bits per heavy atom. The summed E-state index contributed by atoms with van der Waals surface area (Å²) in [5.41, 5.74) is 0.116. The molecule has 0 spiro atoms. The quantitative estimate of drug-likeness (QED) is 0.551. The molecule has 0 fully saturated rings. The number of nitrogens with zero attached hydrogens (tertiary/aromatic N) is 1. The van der Waals surface area contributed by atoms with E-state index in [0.29, 0.717) is 17.4 Å². The monoisotopic (exact) mass is 358 g/mol. The van der Waals surface area contributed by atoms with Gasteiger partial charge in [-0.2, -0.15) is 0 Å². The second kappa shape index (κ2) is 8.74. The molecule has 0 aromatic heterocycles. The number of amides is 1. The average Bonchev–Trinajstić information content (AvgIpc) is 2.44. The molecule has 21 heavy (non-hydrogen) atoms. The first-order valence-corrected chi connectivity index (χ1v) is 7.61. The van der Waals surface area contributed by atoms with Gasteiger partial charge in [0.05, 0.1) is 4.92 Å². The molecular formula is C14H19BrN2O4. The Kier molecular flexibility index (Phi) is 7.31. The van der Waals surface area contributed by atoms with Crippen molar-refractivity contribution in [2.24, 2.45) is 5.92 Å². The van der Waals surface area contributed by atoms with Crippen LogP contribution in [0.4, 0.5) is 5.69 Å². The van der Waals surface area contributed by atoms with Crippen LogP contribution in [0.25, 0.3) is 0 Å². The molecular weight excluding hydrogens is 340 g/mol. The number of nitro groups is 1. The largest absolute Gasteiger partial charge is 0.396 e. The lowest BCUT2D eigenvalue weighted by Crippen LogP contribution is -2.29. The summed E-state index contributed by atoms with van der Waals surface area (Å²) < 4.78 is 0.488. The lowest BCUT2D eigenvalue weighted by Gasteiger charge is -2.15. The average molecular weight is 359 g/mol. The van der Waals surface area contributed by atoms with Gasteiger partial charge in [-0.1, -0.05) is 29.3 Å². The predicted octanol–water partition coefficient (Wildman–Crippen LogP) is 2.89. The van der Waals surface area contributed by atoms with Gasteiger partial charge < -0.3 is 10.4 Å². The number of benzene rings is 1. The minimum Gasteiger partial charge on any atom is -0.396 e. The molecule has 1 rings (SSSR count). The normalized spacial score (nSPS) is 12.0. The number of hydrogen-bond donors (Lipinski definition) is 2. The van der Waals surface area contributed by atoms with Crippen LogP contribution >= 0.6 is 15.9 Å². The second-order valence-electron chi connectivity index (χ2n) is 4.83. The van der Waals surface area contributed by atoms with Gasteiger partial charge in [-0.05, 0) is 24.8 Å². The van der Waals surface area contributed by atoms with Crippen molar-refractivity contribution >= 4 is 27.5 Å². The molecule has 1 atom stereocenters. The van der Waals surface area contributed by atoms with E-state index in [-0.39, 0.29) is 29.7 Å². The topological polar surface area (TPSA) is 92.5 Å². The van der Waals surface area contributed by atoms with Gasteiger partial charge in [0, 0.05) is 35.3 Å². The van der Waals surface area contributed by atoms with Crippen molar-refractivity contribution in [2.45, 2.75) is 26.2 Å². The molecule has 0 aliphatic heterocycles. The van der Waals surface area contributed by atoms with Crippen molar-refractivity contribution in [1.82, 2.24) is 5.32 Å². The van der Waals surface area contributed by atoms with Crippen molar-refractivity contribution in [3.8, 4) is 0 Å². The molecule has 0 radical (unpaired) electrons. The van der Waals surface area contributed by atoms with Gasteiger partial charge >= 0.3 is 0 Å². The molecule has 7 heteroatoms. The number of carbonyl (C=O) groups excluding carboxylic acids is 1. The van der Waals surface area contributed by atoms with Crippen LogP contribution in [0.15, 0.2) is 22.7 Å². The van der Waals surface area contributed by atoms with Crippen LogP contribution in [-0.4, -0.2) is 29.1 Å². The third kappa shape index (κ3) is 5.81. The highest BCUT2D eigenvalue weighted by Gasteiger charge is 2.15. The van der Waals surface area contributed by atoms with E-state index in [1.54, 1.807) is 6.07 Å². The molecule has 0 heterocycles. The molecule has 0 aliphatic rings. The van der Waals surface area contributed by atoms with E-state index in [4.69, 9.17) is 5.11 Å². The number of aliphatic hydroxyl groups excluding tert-OH is 1. The predicted molar refractivity (Wildman–Crippen MR) is 83.2 cm³/mol. The van der Waals surface area contributed by atoms with Crippen molar-refractivity contribution in [3.05, 3.63) is 38.3 Å². The second-order valence-corrected chi connectivity index (χ2v) is 5.75. The highest BCUT2D eigenvalue weighted by Crippen LogP contribution is 2.21. The SMILES string of the molecule is CCCC(CCO)CNC(=O)c1cc(Br)cc([N+](=O)[O-])c1. The fourth-order valence-electron chi connectivity index (χ4n) is 2.09. The Bertz CT molecular complexity index is 502. The Balaban J connectivity index is 2.72. The Hall–Kier alpha value is -1.47. The van der Waals surface area contributed by atoms with Crippen molar-refractivity contribution in [3.63, 3.8) is 0 Å². The first kappa shape index (κ1) is 17.6. The summed E-state index contributed by atoms with van der Waals surface area (Å²) in [6.07, 6.45) is 2.52. The van der Waals surface area contributed by atoms with Gasteiger partial charge in [0.25, 0.3) is 11.6 Å². The molecule has 0 saturated carbocycles. The summed E-state index contributed by atoms with van der Waals surface area (Å²) in [7, 11) is 0. The molecule has 116 valence electrons. The zero-order chi connectivity index (χ0) is 15.8. The highest BCUT2D eigenvalue weighted by atomic mass is 79.9. The molecule has 1 aromatic carbocycles. The summed E-state index contributed by atoms with van der Waals surface area (Å²) in [6.45, 7) is 2.58. The van der Waals surface area contributed by atoms with Gasteiger partial charge in [0.1, 0.15) is 0 Å². The van der Waals surface area contributed by atoms with E-state index in [2.05, 4.69) is 21.2 Å². The summed E-state index contributed by atoms with van der Waals surface area (Å²) in [4.78, 5) is 22.3. The number of rotatable bonds is 8. The molecule has 6 nitrogen and oxygen atoms in total. The van der Waals surface area contributed by atoms with Gasteiger partial charge in [-0.3, -0.25) is 14.9 Å². The van der Waals surface area contributed by atoms with Crippen LogP contribution in [0.2, 0.25) is 0 Å². The molecule has 0 bridgehead atoms. The third-order valence-electron chi connectivity index (χ3n) is 3.14. The van der Waals surface area contributed by atoms with Crippen LogP contribution in [0.5, 0.6) is 0 Å². The zero-order valence-corrected chi connectivity index (χ0v) is 13.4. The first-order valence-electron chi connectivity index (χ1n) is 6.82. The number of halogens is 1. The van der Waals surface area contributed by atoms with Crippen LogP contribution in [-0.2, 0) is 0 Å². The number of nitrogens with one attached hydrogen (secondary N) is 1. The minimum atomic E-state index is -0.535. The van der Waals surface area contributed by atoms with E-state index in [1.165, 1.54) is 12.1 Å². The fraction of sp³-hybridized carbons (Fsp3) is 0.500. The zero-order valence-electron chi connectivity index (χ0n) is 11.8. The van der Waals surface area contributed by atoms with E-state index >= 15 is 0 Å². The number of carbonyl (C=O) groups is 1. The molecule has 1 amide bonds. The van der Waals surface area contributed by atoms with E-state index < -0.39 is 4.92 Å². The van der Waals surface area contributed by atoms with Gasteiger partial charge in [0.2, 0.25) is 0 Å². The fourth-order valence-corrected chi connectivity index (χ4v) is 2.57. The Labute approximate surface area is 131 Å². The van der Waals surface area contributed by atoms with E-state index in [0.717, 1.165) is 12.8 Å².